The number of hydrogen-bond donors (Lipinski definition) is 2. The second kappa shape index (κ2) is 6.69. The molecule has 0 unspecified atom stereocenters. The molecule has 0 aromatic heterocycles. The summed E-state index contributed by atoms with van der Waals surface area (Å²) in [6.07, 6.45) is -0.444. The summed E-state index contributed by atoms with van der Waals surface area (Å²) in [5, 5.41) is 10.7. The summed E-state index contributed by atoms with van der Waals surface area (Å²) < 4.78 is 0. The van der Waals surface area contributed by atoms with Gasteiger partial charge in [-0.1, -0.05) is 0 Å². The van der Waals surface area contributed by atoms with Gasteiger partial charge in [0, 0.05) is 38.1 Å². The number of carbonyl (C=O) groups is 3. The minimum atomic E-state index is -1.05. The van der Waals surface area contributed by atoms with Gasteiger partial charge in [0.1, 0.15) is 0 Å². The van der Waals surface area contributed by atoms with Gasteiger partial charge in [-0.3, -0.25) is 19.8 Å². The van der Waals surface area contributed by atoms with Crippen LogP contribution in [0.15, 0.2) is 0 Å². The molecule has 1 aliphatic heterocycles. The Kier molecular flexibility index (Phi) is 5.50. The van der Waals surface area contributed by atoms with Crippen molar-refractivity contribution in [1.82, 2.24) is 15.1 Å². The van der Waals surface area contributed by atoms with Gasteiger partial charge in [0.25, 0.3) is 0 Å². The van der Waals surface area contributed by atoms with Crippen molar-refractivity contribution in [3.05, 3.63) is 0 Å². The molecule has 0 radical (unpaired) electrons. The predicted molar refractivity (Wildman–Crippen MR) is 73.3 cm³/mol. The van der Waals surface area contributed by atoms with Crippen molar-refractivity contribution in [1.29, 1.82) is 0 Å². The summed E-state index contributed by atoms with van der Waals surface area (Å²) in [6.45, 7) is 9.03. The normalized spacial score (nSPS) is 16.9. The van der Waals surface area contributed by atoms with Gasteiger partial charge in [-0.15, -0.1) is 0 Å². The van der Waals surface area contributed by atoms with Gasteiger partial charge in [0.05, 0.1) is 6.42 Å². The molecule has 1 saturated heterocycles. The molecule has 0 saturated carbocycles. The first-order chi connectivity index (χ1) is 9.20. The van der Waals surface area contributed by atoms with E-state index in [9.17, 15) is 14.4 Å². The van der Waals surface area contributed by atoms with E-state index in [0.717, 1.165) is 13.1 Å². The van der Waals surface area contributed by atoms with E-state index in [0.29, 0.717) is 13.1 Å². The van der Waals surface area contributed by atoms with Gasteiger partial charge < -0.3 is 10.0 Å². The highest BCUT2D eigenvalue weighted by Gasteiger charge is 2.28. The number of nitrogens with one attached hydrogen (secondary N) is 1. The van der Waals surface area contributed by atoms with Crippen LogP contribution in [0.2, 0.25) is 0 Å². The van der Waals surface area contributed by atoms with Gasteiger partial charge in [0.15, 0.2) is 0 Å². The number of imide groups is 1. The van der Waals surface area contributed by atoms with Crippen molar-refractivity contribution >= 4 is 17.9 Å². The zero-order chi connectivity index (χ0) is 15.3. The Hall–Kier alpha value is -1.63. The van der Waals surface area contributed by atoms with Crippen LogP contribution >= 0.6 is 0 Å². The summed E-state index contributed by atoms with van der Waals surface area (Å²) in [7, 11) is 0. The smallest absolute Gasteiger partial charge is 0.324 e. The first-order valence-corrected chi connectivity index (χ1v) is 6.76. The van der Waals surface area contributed by atoms with Gasteiger partial charge >= 0.3 is 12.0 Å². The second-order valence-electron chi connectivity index (χ2n) is 5.89. The molecule has 0 aliphatic carbocycles. The lowest BCUT2D eigenvalue weighted by atomic mass is 10.1. The number of urea groups is 1. The summed E-state index contributed by atoms with van der Waals surface area (Å²) in [5.74, 6) is -1.60. The minimum absolute atomic E-state index is 0.0693. The number of piperazine rings is 1. The maximum Gasteiger partial charge on any atom is 0.324 e. The van der Waals surface area contributed by atoms with Crippen LogP contribution in [-0.2, 0) is 9.59 Å². The highest BCUT2D eigenvalue weighted by atomic mass is 16.4. The molecule has 3 amide bonds. The summed E-state index contributed by atoms with van der Waals surface area (Å²) in [4.78, 5) is 37.4. The van der Waals surface area contributed by atoms with E-state index in [1.807, 2.05) is 0 Å². The fourth-order valence-electron chi connectivity index (χ4n) is 2.06. The number of carboxylic acid groups (broad SMARTS) is 1. The van der Waals surface area contributed by atoms with Crippen molar-refractivity contribution in [2.24, 2.45) is 0 Å². The van der Waals surface area contributed by atoms with E-state index in [-0.39, 0.29) is 18.4 Å². The number of amides is 3. The van der Waals surface area contributed by atoms with Crippen LogP contribution in [0.3, 0.4) is 0 Å². The van der Waals surface area contributed by atoms with Crippen LogP contribution in [0, 0.1) is 0 Å². The minimum Gasteiger partial charge on any atom is -0.481 e. The molecule has 1 rings (SSSR count). The van der Waals surface area contributed by atoms with Gasteiger partial charge in [0.2, 0.25) is 5.91 Å². The van der Waals surface area contributed by atoms with E-state index >= 15 is 0 Å². The van der Waals surface area contributed by atoms with Crippen molar-refractivity contribution in [3.63, 3.8) is 0 Å². The Morgan fingerprint density at radius 3 is 2.05 bits per heavy atom. The molecule has 2 N–H and O–H groups in total. The molecule has 114 valence electrons. The van der Waals surface area contributed by atoms with E-state index in [2.05, 4.69) is 31.0 Å². The first kappa shape index (κ1) is 16.4. The third-order valence-corrected chi connectivity index (χ3v) is 3.33. The highest BCUT2D eigenvalue weighted by molar-refractivity contribution is 5.95. The standard InChI is InChI=1S/C13H23N3O4/c1-13(2,3)16-8-6-15(7-9-16)12(20)14-10(17)4-5-11(18)19/h4-9H2,1-3H3,(H,18,19)(H,14,17,20). The van der Waals surface area contributed by atoms with Crippen molar-refractivity contribution in [2.45, 2.75) is 39.2 Å². The quantitative estimate of drug-likeness (QED) is 0.788. The third-order valence-electron chi connectivity index (χ3n) is 3.33. The zero-order valence-corrected chi connectivity index (χ0v) is 12.3. The number of aliphatic carboxylic acids is 1. The fraction of sp³-hybridized carbons (Fsp3) is 0.769. The van der Waals surface area contributed by atoms with Crippen LogP contribution in [0.25, 0.3) is 0 Å². The summed E-state index contributed by atoms with van der Waals surface area (Å²) in [6, 6.07) is -0.436. The zero-order valence-electron chi connectivity index (χ0n) is 12.3. The molecule has 0 bridgehead atoms. The lowest BCUT2D eigenvalue weighted by Gasteiger charge is -2.42. The molecule has 1 fully saturated rings. The average Bonchev–Trinajstić information content (AvgIpc) is 2.35. The maximum absolute atomic E-state index is 11.8. The molecule has 20 heavy (non-hydrogen) atoms. The topological polar surface area (TPSA) is 90.0 Å². The maximum atomic E-state index is 11.8. The predicted octanol–water partition coefficient (Wildman–Crippen LogP) is 0.504. The number of carbonyl (C=O) groups excluding carboxylic acids is 2. The molecule has 1 heterocycles. The molecule has 0 atom stereocenters. The highest BCUT2D eigenvalue weighted by Crippen LogP contribution is 2.15. The molecule has 0 aromatic rings. The van der Waals surface area contributed by atoms with Crippen LogP contribution < -0.4 is 5.32 Å². The van der Waals surface area contributed by atoms with Gasteiger partial charge in [-0.2, -0.15) is 0 Å². The van der Waals surface area contributed by atoms with Crippen LogP contribution in [0.4, 0.5) is 4.79 Å². The van der Waals surface area contributed by atoms with Crippen molar-refractivity contribution < 1.29 is 19.5 Å². The van der Waals surface area contributed by atoms with E-state index in [1.54, 1.807) is 4.90 Å². The lowest BCUT2D eigenvalue weighted by Crippen LogP contribution is -2.56. The monoisotopic (exact) mass is 285 g/mol. The Labute approximate surface area is 118 Å². The van der Waals surface area contributed by atoms with Gasteiger partial charge in [-0.25, -0.2) is 4.79 Å². The fourth-order valence-corrected chi connectivity index (χ4v) is 2.06. The van der Waals surface area contributed by atoms with Crippen LogP contribution in [-0.4, -0.2) is 64.5 Å². The number of hydrogen-bond acceptors (Lipinski definition) is 4. The lowest BCUT2D eigenvalue weighted by molar-refractivity contribution is -0.138. The Morgan fingerprint density at radius 1 is 1.05 bits per heavy atom. The van der Waals surface area contributed by atoms with Crippen molar-refractivity contribution in [3.8, 4) is 0 Å². The molecule has 0 spiro atoms. The molecular weight excluding hydrogens is 262 g/mol. The molecular formula is C13H23N3O4. The van der Waals surface area contributed by atoms with E-state index < -0.39 is 17.9 Å². The van der Waals surface area contributed by atoms with Crippen LogP contribution in [0.1, 0.15) is 33.6 Å². The molecule has 1 aliphatic rings. The van der Waals surface area contributed by atoms with E-state index in [4.69, 9.17) is 5.11 Å². The second-order valence-corrected chi connectivity index (χ2v) is 5.89. The Morgan fingerprint density at radius 2 is 1.60 bits per heavy atom. The van der Waals surface area contributed by atoms with Crippen molar-refractivity contribution in [2.75, 3.05) is 26.2 Å². The first-order valence-electron chi connectivity index (χ1n) is 6.76. The van der Waals surface area contributed by atoms with E-state index in [1.165, 1.54) is 0 Å². The number of rotatable bonds is 3. The SMILES string of the molecule is CC(C)(C)N1CCN(C(=O)NC(=O)CCC(=O)O)CC1. The number of nitrogens with zero attached hydrogens (tertiary/aromatic N) is 2. The Balaban J connectivity index is 2.36. The molecule has 7 heteroatoms. The molecule has 0 aromatic carbocycles. The average molecular weight is 285 g/mol. The third kappa shape index (κ3) is 5.16. The molecule has 7 nitrogen and oxygen atoms in total. The number of carboxylic acids is 1. The summed E-state index contributed by atoms with van der Waals surface area (Å²) in [5.41, 5.74) is 0.0693. The van der Waals surface area contributed by atoms with Crippen LogP contribution in [0.5, 0.6) is 0 Å². The summed E-state index contributed by atoms with van der Waals surface area (Å²) >= 11 is 0. The largest absolute Gasteiger partial charge is 0.481 e. The van der Waals surface area contributed by atoms with Gasteiger partial charge in [-0.05, 0) is 20.8 Å². The Bertz CT molecular complexity index is 382.